The summed E-state index contributed by atoms with van der Waals surface area (Å²) >= 11 is 0. The van der Waals surface area contributed by atoms with Crippen LogP contribution in [0.25, 0.3) is 0 Å². The number of hydrogen-bond donors (Lipinski definition) is 2. The standard InChI is InChI=1S/C15H16N4O/c1-2-15(20)17-12-7-9-14(10-8-12)19-18-13-5-3-11(16)4-6-13/h3-10H,2,16H2,1H3,(H,17,20). The van der Waals surface area contributed by atoms with Gasteiger partial charge in [0.15, 0.2) is 0 Å². The fourth-order valence-electron chi connectivity index (χ4n) is 1.52. The third-order valence-electron chi connectivity index (χ3n) is 2.65. The van der Waals surface area contributed by atoms with Crippen LogP contribution in [0.4, 0.5) is 22.7 Å². The monoisotopic (exact) mass is 268 g/mol. The van der Waals surface area contributed by atoms with Crippen molar-refractivity contribution < 1.29 is 4.79 Å². The lowest BCUT2D eigenvalue weighted by atomic mass is 10.3. The molecule has 20 heavy (non-hydrogen) atoms. The van der Waals surface area contributed by atoms with Crippen LogP contribution in [0, 0.1) is 0 Å². The molecule has 102 valence electrons. The summed E-state index contributed by atoms with van der Waals surface area (Å²) in [6.07, 6.45) is 0.457. The second-order valence-corrected chi connectivity index (χ2v) is 4.24. The van der Waals surface area contributed by atoms with E-state index in [0.717, 1.165) is 17.1 Å². The quantitative estimate of drug-likeness (QED) is 0.648. The van der Waals surface area contributed by atoms with Crippen LogP contribution in [0.2, 0.25) is 0 Å². The minimum atomic E-state index is -0.0127. The van der Waals surface area contributed by atoms with Crippen molar-refractivity contribution in [3.63, 3.8) is 0 Å². The number of benzene rings is 2. The summed E-state index contributed by atoms with van der Waals surface area (Å²) in [6, 6.07) is 14.3. The van der Waals surface area contributed by atoms with E-state index in [2.05, 4.69) is 15.5 Å². The molecular formula is C15H16N4O. The molecule has 0 aliphatic carbocycles. The number of azo groups is 1. The van der Waals surface area contributed by atoms with Gasteiger partial charge in [-0.2, -0.15) is 10.2 Å². The summed E-state index contributed by atoms with van der Waals surface area (Å²) < 4.78 is 0. The van der Waals surface area contributed by atoms with E-state index >= 15 is 0 Å². The maximum atomic E-state index is 11.2. The molecule has 0 aliphatic rings. The second kappa shape index (κ2) is 6.47. The van der Waals surface area contributed by atoms with Crippen LogP contribution in [-0.2, 0) is 4.79 Å². The SMILES string of the molecule is CCC(=O)Nc1ccc(N=Nc2ccc(N)cc2)cc1. The van der Waals surface area contributed by atoms with Gasteiger partial charge in [0.25, 0.3) is 0 Å². The predicted octanol–water partition coefficient (Wildman–Crippen LogP) is 4.03. The molecule has 0 radical (unpaired) electrons. The van der Waals surface area contributed by atoms with E-state index in [1.54, 1.807) is 48.5 Å². The maximum Gasteiger partial charge on any atom is 0.224 e. The predicted molar refractivity (Wildman–Crippen MR) is 80.4 cm³/mol. The van der Waals surface area contributed by atoms with E-state index in [-0.39, 0.29) is 5.91 Å². The van der Waals surface area contributed by atoms with Crippen molar-refractivity contribution in [3.05, 3.63) is 48.5 Å². The first-order valence-electron chi connectivity index (χ1n) is 6.34. The van der Waals surface area contributed by atoms with Crippen LogP contribution >= 0.6 is 0 Å². The molecule has 0 atom stereocenters. The molecule has 3 N–H and O–H groups in total. The molecule has 5 nitrogen and oxygen atoms in total. The summed E-state index contributed by atoms with van der Waals surface area (Å²) in [4.78, 5) is 11.2. The molecule has 0 fully saturated rings. The number of hydrogen-bond acceptors (Lipinski definition) is 4. The number of nitrogen functional groups attached to an aromatic ring is 1. The summed E-state index contributed by atoms with van der Waals surface area (Å²) in [5.74, 6) is -0.0127. The third kappa shape index (κ3) is 3.91. The van der Waals surface area contributed by atoms with Gasteiger partial charge in [-0.25, -0.2) is 0 Å². The van der Waals surface area contributed by atoms with E-state index in [4.69, 9.17) is 5.73 Å². The van der Waals surface area contributed by atoms with Crippen molar-refractivity contribution in [2.24, 2.45) is 10.2 Å². The fraction of sp³-hybridized carbons (Fsp3) is 0.133. The molecule has 2 rings (SSSR count). The topological polar surface area (TPSA) is 79.8 Å². The Kier molecular flexibility index (Phi) is 4.44. The number of amides is 1. The second-order valence-electron chi connectivity index (χ2n) is 4.24. The first-order chi connectivity index (χ1) is 9.67. The molecule has 0 saturated heterocycles. The van der Waals surface area contributed by atoms with Gasteiger partial charge in [-0.05, 0) is 48.5 Å². The minimum absolute atomic E-state index is 0.0127. The summed E-state index contributed by atoms with van der Waals surface area (Å²) in [5, 5.41) is 11.0. The van der Waals surface area contributed by atoms with E-state index in [1.807, 2.05) is 6.92 Å². The van der Waals surface area contributed by atoms with Gasteiger partial charge >= 0.3 is 0 Å². The minimum Gasteiger partial charge on any atom is -0.399 e. The van der Waals surface area contributed by atoms with Crippen LogP contribution in [0.5, 0.6) is 0 Å². The highest BCUT2D eigenvalue weighted by molar-refractivity contribution is 5.90. The zero-order valence-electron chi connectivity index (χ0n) is 11.2. The lowest BCUT2D eigenvalue weighted by molar-refractivity contribution is -0.115. The molecule has 0 aromatic heterocycles. The molecule has 0 spiro atoms. The molecule has 2 aromatic rings. The number of carbonyl (C=O) groups is 1. The van der Waals surface area contributed by atoms with Gasteiger partial charge in [-0.3, -0.25) is 4.79 Å². The van der Waals surface area contributed by atoms with E-state index in [0.29, 0.717) is 12.1 Å². The molecule has 0 unspecified atom stereocenters. The van der Waals surface area contributed by atoms with Crippen molar-refractivity contribution >= 4 is 28.7 Å². The van der Waals surface area contributed by atoms with Crippen LogP contribution in [0.15, 0.2) is 58.8 Å². The molecule has 0 saturated carbocycles. The fourth-order valence-corrected chi connectivity index (χ4v) is 1.52. The Balaban J connectivity index is 2.03. The normalized spacial score (nSPS) is 10.7. The summed E-state index contributed by atoms with van der Waals surface area (Å²) in [5.41, 5.74) is 8.50. The van der Waals surface area contributed by atoms with Crippen molar-refractivity contribution in [1.82, 2.24) is 0 Å². The average molecular weight is 268 g/mol. The molecule has 5 heteroatoms. The van der Waals surface area contributed by atoms with Crippen LogP contribution in [-0.4, -0.2) is 5.91 Å². The number of nitrogens with zero attached hydrogens (tertiary/aromatic N) is 2. The number of rotatable bonds is 4. The van der Waals surface area contributed by atoms with Gasteiger partial charge in [-0.1, -0.05) is 6.92 Å². The smallest absolute Gasteiger partial charge is 0.224 e. The largest absolute Gasteiger partial charge is 0.399 e. The number of nitrogens with two attached hydrogens (primary N) is 1. The Morgan fingerprint density at radius 3 is 2.00 bits per heavy atom. The van der Waals surface area contributed by atoms with Crippen LogP contribution < -0.4 is 11.1 Å². The van der Waals surface area contributed by atoms with Crippen LogP contribution in [0.1, 0.15) is 13.3 Å². The highest BCUT2D eigenvalue weighted by Crippen LogP contribution is 2.21. The zero-order valence-corrected chi connectivity index (χ0v) is 11.2. The van der Waals surface area contributed by atoms with Gasteiger partial charge in [0.1, 0.15) is 0 Å². The lowest BCUT2D eigenvalue weighted by Crippen LogP contribution is -2.08. The average Bonchev–Trinajstić information content (AvgIpc) is 2.48. The van der Waals surface area contributed by atoms with Crippen LogP contribution in [0.3, 0.4) is 0 Å². The number of nitrogens with one attached hydrogen (secondary N) is 1. The van der Waals surface area contributed by atoms with Gasteiger partial charge in [-0.15, -0.1) is 0 Å². The van der Waals surface area contributed by atoms with Gasteiger partial charge in [0, 0.05) is 17.8 Å². The highest BCUT2D eigenvalue weighted by Gasteiger charge is 1.98. The van der Waals surface area contributed by atoms with Crippen molar-refractivity contribution in [1.29, 1.82) is 0 Å². The number of carbonyl (C=O) groups excluding carboxylic acids is 1. The van der Waals surface area contributed by atoms with E-state index in [1.165, 1.54) is 0 Å². The van der Waals surface area contributed by atoms with Crippen molar-refractivity contribution in [3.8, 4) is 0 Å². The lowest BCUT2D eigenvalue weighted by Gasteiger charge is -2.02. The third-order valence-corrected chi connectivity index (χ3v) is 2.65. The van der Waals surface area contributed by atoms with Gasteiger partial charge < -0.3 is 11.1 Å². The summed E-state index contributed by atoms with van der Waals surface area (Å²) in [7, 11) is 0. The highest BCUT2D eigenvalue weighted by atomic mass is 16.1. The molecule has 0 aliphatic heterocycles. The summed E-state index contributed by atoms with van der Waals surface area (Å²) in [6.45, 7) is 1.81. The zero-order chi connectivity index (χ0) is 14.4. The number of anilines is 2. The molecule has 0 bridgehead atoms. The van der Waals surface area contributed by atoms with Crippen molar-refractivity contribution in [2.45, 2.75) is 13.3 Å². The Bertz CT molecular complexity index is 603. The van der Waals surface area contributed by atoms with Crippen molar-refractivity contribution in [2.75, 3.05) is 11.1 Å². The first-order valence-corrected chi connectivity index (χ1v) is 6.34. The van der Waals surface area contributed by atoms with E-state index in [9.17, 15) is 4.79 Å². The molecule has 0 heterocycles. The van der Waals surface area contributed by atoms with Gasteiger partial charge in [0.05, 0.1) is 11.4 Å². The maximum absolute atomic E-state index is 11.2. The Morgan fingerprint density at radius 2 is 1.50 bits per heavy atom. The Morgan fingerprint density at radius 1 is 1.00 bits per heavy atom. The van der Waals surface area contributed by atoms with E-state index < -0.39 is 0 Å². The molecule has 2 aromatic carbocycles. The Labute approximate surface area is 117 Å². The molecule has 1 amide bonds. The first kappa shape index (κ1) is 13.7. The molecular weight excluding hydrogens is 252 g/mol. The van der Waals surface area contributed by atoms with Gasteiger partial charge in [0.2, 0.25) is 5.91 Å². The Hall–Kier alpha value is -2.69.